The molecule has 1 spiro atoms. The van der Waals surface area contributed by atoms with Crippen LogP contribution in [0.1, 0.15) is 85.9 Å². The Morgan fingerprint density at radius 3 is 1.64 bits per heavy atom. The summed E-state index contributed by atoms with van der Waals surface area (Å²) < 4.78 is 52.5. The second-order valence-electron chi connectivity index (χ2n) is 25.7. The molecule has 11 aromatic rings. The maximum Gasteiger partial charge on any atom is 0.185 e. The molecule has 0 aliphatic carbocycles. The molecule has 5 nitrogen and oxygen atoms in total. The largest absolute Gasteiger partial charge is 0.457 e. The molecule has 3 aliphatic rings. The molecular formula is C78H70N4OSi. The Labute approximate surface area is 504 Å². The molecule has 6 heteroatoms. The minimum atomic E-state index is -2.93. The van der Waals surface area contributed by atoms with E-state index in [0.717, 1.165) is 67.8 Å². The van der Waals surface area contributed by atoms with Gasteiger partial charge in [-0.3, -0.25) is 4.90 Å². The number of hydrogen-bond acceptors (Lipinski definition) is 5. The van der Waals surface area contributed by atoms with E-state index in [-0.39, 0.29) is 46.0 Å². The van der Waals surface area contributed by atoms with Crippen molar-refractivity contribution in [3.63, 3.8) is 0 Å². The van der Waals surface area contributed by atoms with Crippen LogP contribution < -0.4 is 40.2 Å². The van der Waals surface area contributed by atoms with Crippen LogP contribution in [0.3, 0.4) is 0 Å². The summed E-state index contributed by atoms with van der Waals surface area (Å²) in [4.78, 5) is 12.0. The topological polar surface area (TPSA) is 31.8 Å². The smallest absolute Gasteiger partial charge is 0.185 e. The number of ether oxygens (including phenoxy) is 1. The minimum absolute atomic E-state index is 0.0110. The van der Waals surface area contributed by atoms with Crippen LogP contribution in [0, 0.1) is 0 Å². The Morgan fingerprint density at radius 1 is 0.405 bits per heavy atom. The number of anilines is 7. The Bertz CT molecular complexity index is 4600. The normalized spacial score (nSPS) is 14.8. The van der Waals surface area contributed by atoms with Gasteiger partial charge in [0.2, 0.25) is 0 Å². The first-order valence-electron chi connectivity index (χ1n) is 31.7. The standard InChI is InChI=1S/C78H70N4OSi/c1-76(2,3)56-39-37-52(38-40-56)54-45-55(47-58(46-54)78(7,8)9)63-30-22-29-62(53-23-11-10-12-24-53)75(63)81-51-80(66-31-15-16-32-67(66)81)59-25-21-26-60(49-59)83-61-41-42-73-69(50-61)82(74-48-57(43-44-79-74)77(4,5)6)68-33-17-20-36-72(68)84(73)70-34-18-13-27-64(70)65-28-14-19-35-71(65)84/h10-50H,51H2,1-9H3/i10D,11D,12D,23D,24D. The molecule has 0 saturated heterocycles. The maximum absolute atomic E-state index is 9.42. The third-order valence-electron chi connectivity index (χ3n) is 17.3. The van der Waals surface area contributed by atoms with E-state index in [9.17, 15) is 2.74 Å². The molecule has 412 valence electrons. The molecule has 84 heavy (non-hydrogen) atoms. The molecular weight excluding hydrogens is 1040 g/mol. The van der Waals surface area contributed by atoms with Gasteiger partial charge in [-0.1, -0.05) is 238 Å². The Morgan fingerprint density at radius 2 is 0.964 bits per heavy atom. The lowest BCUT2D eigenvalue weighted by Gasteiger charge is -2.43. The molecule has 10 aromatic carbocycles. The minimum Gasteiger partial charge on any atom is -0.457 e. The number of benzene rings is 10. The first-order chi connectivity index (χ1) is 42.6. The molecule has 14 rings (SSSR count). The Kier molecular flexibility index (Phi) is 11.3. The van der Waals surface area contributed by atoms with Gasteiger partial charge in [-0.05, 0) is 142 Å². The first-order valence-corrected chi connectivity index (χ1v) is 31.2. The number of hydrogen-bond donors (Lipinski definition) is 0. The van der Waals surface area contributed by atoms with Crippen LogP contribution in [0.15, 0.2) is 249 Å². The molecule has 0 unspecified atom stereocenters. The molecule has 0 bridgehead atoms. The monoisotopic (exact) mass is 1110 g/mol. The number of aromatic nitrogens is 1. The molecule has 1 aromatic heterocycles. The zero-order valence-corrected chi connectivity index (χ0v) is 50.2. The van der Waals surface area contributed by atoms with Gasteiger partial charge in [0, 0.05) is 40.8 Å². The summed E-state index contributed by atoms with van der Waals surface area (Å²) in [6.45, 7) is 20.4. The van der Waals surface area contributed by atoms with Gasteiger partial charge in [0.15, 0.2) is 8.07 Å². The number of nitrogens with zero attached hydrogens (tertiary/aromatic N) is 4. The van der Waals surface area contributed by atoms with Crippen molar-refractivity contribution in [1.29, 1.82) is 0 Å². The van der Waals surface area contributed by atoms with Crippen LogP contribution in [0.25, 0.3) is 44.5 Å². The average Bonchev–Trinajstić information content (AvgIpc) is 1.63. The predicted octanol–water partition coefficient (Wildman–Crippen LogP) is 18.2. The van der Waals surface area contributed by atoms with Crippen LogP contribution in [0.5, 0.6) is 11.5 Å². The van der Waals surface area contributed by atoms with Crippen molar-refractivity contribution in [2.75, 3.05) is 21.4 Å². The third-order valence-corrected chi connectivity index (χ3v) is 22.3. The number of fused-ring (bicyclic) bond motifs is 10. The second kappa shape index (κ2) is 20.0. The lowest BCUT2D eigenvalue weighted by atomic mass is 9.82. The van der Waals surface area contributed by atoms with E-state index in [0.29, 0.717) is 23.7 Å². The van der Waals surface area contributed by atoms with Crippen LogP contribution in [-0.2, 0) is 16.2 Å². The molecule has 0 fully saturated rings. The summed E-state index contributed by atoms with van der Waals surface area (Å²) in [5, 5.41) is 5.34. The Hall–Kier alpha value is -9.23. The molecule has 4 heterocycles. The predicted molar refractivity (Wildman–Crippen MR) is 356 cm³/mol. The van der Waals surface area contributed by atoms with Gasteiger partial charge in [-0.25, -0.2) is 4.98 Å². The van der Waals surface area contributed by atoms with Crippen LogP contribution >= 0.6 is 0 Å². The van der Waals surface area contributed by atoms with Crippen LogP contribution in [0.4, 0.5) is 39.9 Å². The van der Waals surface area contributed by atoms with E-state index in [1.807, 2.05) is 42.6 Å². The van der Waals surface area contributed by atoms with Gasteiger partial charge in [0.05, 0.1) is 29.6 Å². The first kappa shape index (κ1) is 47.3. The summed E-state index contributed by atoms with van der Waals surface area (Å²) in [6.07, 6.45) is 1.94. The van der Waals surface area contributed by atoms with E-state index < -0.39 is 14.1 Å². The molecule has 0 amide bonds. The molecule has 0 N–H and O–H groups in total. The highest BCUT2D eigenvalue weighted by molar-refractivity contribution is 7.23. The average molecular weight is 1110 g/mol. The highest BCUT2D eigenvalue weighted by Gasteiger charge is 2.54. The van der Waals surface area contributed by atoms with Crippen molar-refractivity contribution in [3.05, 3.63) is 265 Å². The lowest BCUT2D eigenvalue weighted by Crippen LogP contribution is -2.75. The van der Waals surface area contributed by atoms with Gasteiger partial charge in [-0.15, -0.1) is 0 Å². The zero-order valence-electron chi connectivity index (χ0n) is 54.2. The number of para-hydroxylation sites is 4. The quantitative estimate of drug-likeness (QED) is 0.142. The maximum atomic E-state index is 9.42. The van der Waals surface area contributed by atoms with E-state index in [1.54, 1.807) is 0 Å². The lowest BCUT2D eigenvalue weighted by molar-refractivity contribution is 0.483. The molecule has 3 aliphatic heterocycles. The SMILES string of the molecule is [2H]c1c([2H])c([2H])c(-c2cccc(-c3cc(-c4ccc(C(C)(C)C)cc4)cc(C(C)(C)C)c3)c2N2CN(c3cccc(Oc4ccc5c(c4)N(c4cc(C(C)(C)C)ccn4)c4ccccc4[Si]54c5ccccc5-c5ccccc54)c3)c3ccccc32)c([2H])c1[2H]. The summed E-state index contributed by atoms with van der Waals surface area (Å²) in [5.41, 5.74) is 16.0. The van der Waals surface area contributed by atoms with Gasteiger partial charge in [-0.2, -0.15) is 0 Å². The fourth-order valence-corrected chi connectivity index (χ4v) is 18.6. The van der Waals surface area contributed by atoms with Gasteiger partial charge in [0.1, 0.15) is 24.0 Å². The number of pyridine rings is 1. The van der Waals surface area contributed by atoms with Crippen LogP contribution in [-0.4, -0.2) is 19.7 Å². The van der Waals surface area contributed by atoms with E-state index >= 15 is 0 Å². The third kappa shape index (κ3) is 8.85. The van der Waals surface area contributed by atoms with Gasteiger partial charge >= 0.3 is 0 Å². The Balaban J connectivity index is 0.902. The second-order valence-corrected chi connectivity index (χ2v) is 29.3. The fourth-order valence-electron chi connectivity index (χ4n) is 13.1. The molecule has 0 radical (unpaired) electrons. The summed E-state index contributed by atoms with van der Waals surface area (Å²) in [5.74, 6) is 2.18. The molecule has 0 saturated carbocycles. The van der Waals surface area contributed by atoms with Crippen LogP contribution in [0.2, 0.25) is 0 Å². The van der Waals surface area contributed by atoms with Crippen molar-refractivity contribution in [3.8, 4) is 56.0 Å². The molecule has 0 atom stereocenters. The van der Waals surface area contributed by atoms with Crippen molar-refractivity contribution < 1.29 is 11.6 Å². The van der Waals surface area contributed by atoms with Crippen molar-refractivity contribution in [2.45, 2.75) is 78.6 Å². The van der Waals surface area contributed by atoms with E-state index in [4.69, 9.17) is 13.8 Å². The van der Waals surface area contributed by atoms with E-state index in [1.165, 1.54) is 43.0 Å². The summed E-state index contributed by atoms with van der Waals surface area (Å²) in [6, 6.07) is 74.3. The summed E-state index contributed by atoms with van der Waals surface area (Å²) >= 11 is 0. The fraction of sp³-hybridized carbons (Fsp3) is 0.167. The van der Waals surface area contributed by atoms with Crippen molar-refractivity contribution >= 4 is 68.8 Å². The highest BCUT2D eigenvalue weighted by Crippen LogP contribution is 2.52. The van der Waals surface area contributed by atoms with Gasteiger partial charge in [0.25, 0.3) is 0 Å². The summed E-state index contributed by atoms with van der Waals surface area (Å²) in [7, 11) is -2.93. The highest BCUT2D eigenvalue weighted by atomic mass is 28.3. The van der Waals surface area contributed by atoms with Crippen molar-refractivity contribution in [2.24, 2.45) is 0 Å². The van der Waals surface area contributed by atoms with Gasteiger partial charge < -0.3 is 14.5 Å². The zero-order chi connectivity index (χ0) is 62.1. The number of rotatable bonds is 8. The van der Waals surface area contributed by atoms with Crippen molar-refractivity contribution in [1.82, 2.24) is 4.98 Å². The van der Waals surface area contributed by atoms with E-state index in [2.05, 4.69) is 253 Å².